The van der Waals surface area contributed by atoms with E-state index in [0.717, 1.165) is 0 Å². The van der Waals surface area contributed by atoms with Crippen molar-refractivity contribution in [1.82, 2.24) is 15.6 Å². The number of nitrogens with zero attached hydrogens (tertiary/aromatic N) is 1. The summed E-state index contributed by atoms with van der Waals surface area (Å²) in [5.74, 6) is 0. The highest BCUT2D eigenvalue weighted by molar-refractivity contribution is 7.13. The van der Waals surface area contributed by atoms with Crippen LogP contribution in [0.3, 0.4) is 0 Å². The second-order valence-electron chi connectivity index (χ2n) is 5.00. The first-order valence-electron chi connectivity index (χ1n) is 7.15. The molecule has 0 aliphatic carbocycles. The first-order chi connectivity index (χ1) is 11.4. The molecular formula is C15H17F3N4OS. The predicted octanol–water partition coefficient (Wildman–Crippen LogP) is 3.16. The molecule has 0 saturated carbocycles. The molecule has 24 heavy (non-hydrogen) atoms. The second kappa shape index (κ2) is 8.00. The van der Waals surface area contributed by atoms with Crippen LogP contribution in [0.25, 0.3) is 0 Å². The molecule has 5 nitrogen and oxygen atoms in total. The Bertz CT molecular complexity index is 660. The summed E-state index contributed by atoms with van der Waals surface area (Å²) in [6, 6.07) is 5.38. The van der Waals surface area contributed by atoms with E-state index >= 15 is 0 Å². The van der Waals surface area contributed by atoms with Crippen LogP contribution in [0.1, 0.15) is 11.3 Å². The van der Waals surface area contributed by atoms with E-state index in [1.54, 1.807) is 42.8 Å². The van der Waals surface area contributed by atoms with Crippen LogP contribution in [0.4, 0.5) is 23.1 Å². The van der Waals surface area contributed by atoms with Gasteiger partial charge in [-0.1, -0.05) is 30.3 Å². The fraction of sp³-hybridized carbons (Fsp3) is 0.333. The number of urea groups is 1. The van der Waals surface area contributed by atoms with E-state index in [1.807, 2.05) is 5.32 Å². The molecule has 3 N–H and O–H groups in total. The summed E-state index contributed by atoms with van der Waals surface area (Å²) in [6.45, 7) is 0.0555. The van der Waals surface area contributed by atoms with E-state index in [2.05, 4.69) is 15.6 Å². The summed E-state index contributed by atoms with van der Waals surface area (Å²) in [6.07, 6.45) is -4.86. The average Bonchev–Trinajstić information content (AvgIpc) is 3.00. The zero-order valence-electron chi connectivity index (χ0n) is 12.9. The Hall–Kier alpha value is -2.29. The number of amides is 2. The Morgan fingerprint density at radius 2 is 2.00 bits per heavy atom. The van der Waals surface area contributed by atoms with Gasteiger partial charge < -0.3 is 16.0 Å². The molecule has 1 aromatic heterocycles. The molecular weight excluding hydrogens is 341 g/mol. The lowest BCUT2D eigenvalue weighted by Crippen LogP contribution is -2.50. The Labute approximate surface area is 141 Å². The SMILES string of the molecule is CNc1nc(CNC(=O)N[C@@H](Cc2ccccc2)C(F)(F)F)cs1. The number of anilines is 1. The molecule has 1 atom stereocenters. The molecule has 1 heterocycles. The van der Waals surface area contributed by atoms with Gasteiger partial charge in [-0.2, -0.15) is 13.2 Å². The van der Waals surface area contributed by atoms with Gasteiger partial charge in [-0.3, -0.25) is 0 Å². The third-order valence-corrected chi connectivity index (χ3v) is 4.09. The van der Waals surface area contributed by atoms with Gasteiger partial charge in [0.05, 0.1) is 12.2 Å². The number of aromatic nitrogens is 1. The van der Waals surface area contributed by atoms with Gasteiger partial charge in [0.2, 0.25) is 0 Å². The molecule has 0 spiro atoms. The van der Waals surface area contributed by atoms with Crippen molar-refractivity contribution in [2.24, 2.45) is 0 Å². The number of halogens is 3. The first-order valence-corrected chi connectivity index (χ1v) is 8.03. The zero-order chi connectivity index (χ0) is 17.6. The highest BCUT2D eigenvalue weighted by Gasteiger charge is 2.40. The number of hydrogen-bond donors (Lipinski definition) is 3. The topological polar surface area (TPSA) is 66.0 Å². The molecule has 130 valence electrons. The number of hydrogen-bond acceptors (Lipinski definition) is 4. The fourth-order valence-corrected chi connectivity index (χ4v) is 2.65. The zero-order valence-corrected chi connectivity index (χ0v) is 13.7. The number of nitrogens with one attached hydrogen (secondary N) is 3. The third-order valence-electron chi connectivity index (χ3n) is 3.18. The number of carbonyl (C=O) groups excluding carboxylic acids is 1. The lowest BCUT2D eigenvalue weighted by molar-refractivity contribution is -0.152. The third kappa shape index (κ3) is 5.41. The van der Waals surface area contributed by atoms with Crippen molar-refractivity contribution in [3.63, 3.8) is 0 Å². The molecule has 0 bridgehead atoms. The molecule has 0 radical (unpaired) electrons. The van der Waals surface area contributed by atoms with Crippen molar-refractivity contribution in [3.05, 3.63) is 47.0 Å². The molecule has 0 saturated heterocycles. The van der Waals surface area contributed by atoms with Gasteiger partial charge in [0.1, 0.15) is 6.04 Å². The van der Waals surface area contributed by atoms with Gasteiger partial charge in [0.15, 0.2) is 5.13 Å². The fourth-order valence-electron chi connectivity index (χ4n) is 1.98. The van der Waals surface area contributed by atoms with Gasteiger partial charge in [0.25, 0.3) is 0 Å². The maximum Gasteiger partial charge on any atom is 0.408 e. The van der Waals surface area contributed by atoms with Crippen molar-refractivity contribution >= 4 is 22.5 Å². The summed E-state index contributed by atoms with van der Waals surface area (Å²) >= 11 is 1.35. The summed E-state index contributed by atoms with van der Waals surface area (Å²) in [5, 5.41) is 9.61. The van der Waals surface area contributed by atoms with Crippen LogP contribution in [0.2, 0.25) is 0 Å². The number of rotatable bonds is 6. The normalized spacial score (nSPS) is 12.5. The molecule has 2 aromatic rings. The largest absolute Gasteiger partial charge is 0.408 e. The van der Waals surface area contributed by atoms with E-state index in [4.69, 9.17) is 0 Å². The van der Waals surface area contributed by atoms with Crippen molar-refractivity contribution in [2.75, 3.05) is 12.4 Å². The lowest BCUT2D eigenvalue weighted by Gasteiger charge is -2.22. The minimum absolute atomic E-state index is 0.0555. The molecule has 0 unspecified atom stereocenters. The molecule has 2 rings (SSSR count). The van der Waals surface area contributed by atoms with Crippen LogP contribution in [0, 0.1) is 0 Å². The number of alkyl halides is 3. The second-order valence-corrected chi connectivity index (χ2v) is 5.86. The van der Waals surface area contributed by atoms with Gasteiger partial charge in [0, 0.05) is 18.8 Å². The van der Waals surface area contributed by atoms with E-state index in [-0.39, 0.29) is 13.0 Å². The summed E-state index contributed by atoms with van der Waals surface area (Å²) in [5.41, 5.74) is 1.07. The van der Waals surface area contributed by atoms with E-state index in [0.29, 0.717) is 16.4 Å². The monoisotopic (exact) mass is 358 g/mol. The van der Waals surface area contributed by atoms with Gasteiger partial charge in [-0.05, 0) is 5.56 Å². The quantitative estimate of drug-likeness (QED) is 0.743. The summed E-state index contributed by atoms with van der Waals surface area (Å²) < 4.78 is 39.4. The van der Waals surface area contributed by atoms with Crippen molar-refractivity contribution in [1.29, 1.82) is 0 Å². The standard InChI is InChI=1S/C15H17F3N4OS/c1-19-14-21-11(9-24-14)8-20-13(23)22-12(15(16,17)18)7-10-5-3-2-4-6-10/h2-6,9,12H,7-8H2,1H3,(H,19,21)(H2,20,22,23)/t12-/m0/s1. The molecule has 9 heteroatoms. The highest BCUT2D eigenvalue weighted by atomic mass is 32.1. The molecule has 2 amide bonds. The Morgan fingerprint density at radius 1 is 1.29 bits per heavy atom. The van der Waals surface area contributed by atoms with E-state index in [9.17, 15) is 18.0 Å². The van der Waals surface area contributed by atoms with E-state index in [1.165, 1.54) is 11.3 Å². The summed E-state index contributed by atoms with van der Waals surface area (Å²) in [7, 11) is 1.71. The van der Waals surface area contributed by atoms with Gasteiger partial charge in [-0.15, -0.1) is 11.3 Å². The lowest BCUT2D eigenvalue weighted by atomic mass is 10.1. The van der Waals surface area contributed by atoms with E-state index < -0.39 is 18.2 Å². The molecule has 0 aliphatic heterocycles. The Kier molecular flexibility index (Phi) is 6.02. The Balaban J connectivity index is 1.92. The highest BCUT2D eigenvalue weighted by Crippen LogP contribution is 2.23. The van der Waals surface area contributed by atoms with Crippen LogP contribution >= 0.6 is 11.3 Å². The van der Waals surface area contributed by atoms with Crippen molar-refractivity contribution in [3.8, 4) is 0 Å². The molecule has 1 aromatic carbocycles. The predicted molar refractivity (Wildman–Crippen MR) is 87.0 cm³/mol. The van der Waals surface area contributed by atoms with Crippen LogP contribution in [-0.4, -0.2) is 30.3 Å². The first kappa shape index (κ1) is 18.1. The average molecular weight is 358 g/mol. The smallest absolute Gasteiger partial charge is 0.365 e. The van der Waals surface area contributed by atoms with Crippen LogP contribution in [0.15, 0.2) is 35.7 Å². The summed E-state index contributed by atoms with van der Waals surface area (Å²) in [4.78, 5) is 15.9. The minimum Gasteiger partial charge on any atom is -0.365 e. The van der Waals surface area contributed by atoms with Crippen LogP contribution < -0.4 is 16.0 Å². The maximum absolute atomic E-state index is 13.1. The molecule has 0 fully saturated rings. The van der Waals surface area contributed by atoms with Crippen LogP contribution in [-0.2, 0) is 13.0 Å². The van der Waals surface area contributed by atoms with Gasteiger partial charge in [-0.25, -0.2) is 9.78 Å². The van der Waals surface area contributed by atoms with Crippen LogP contribution in [0.5, 0.6) is 0 Å². The number of thiazole rings is 1. The minimum atomic E-state index is -4.53. The Morgan fingerprint density at radius 3 is 2.58 bits per heavy atom. The van der Waals surface area contributed by atoms with Crippen molar-refractivity contribution < 1.29 is 18.0 Å². The maximum atomic E-state index is 13.1. The molecule has 0 aliphatic rings. The number of benzene rings is 1. The van der Waals surface area contributed by atoms with Crippen molar-refractivity contribution in [2.45, 2.75) is 25.2 Å². The number of carbonyl (C=O) groups is 1. The van der Waals surface area contributed by atoms with Gasteiger partial charge >= 0.3 is 12.2 Å².